The summed E-state index contributed by atoms with van der Waals surface area (Å²) in [5.41, 5.74) is 0.556. The number of anilines is 1. The van der Waals surface area contributed by atoms with Gasteiger partial charge in [-0.05, 0) is 42.7 Å². The molecule has 0 radical (unpaired) electrons. The number of halogens is 1. The molecular weight excluding hydrogens is 521 g/mol. The Balaban J connectivity index is 1.36. The van der Waals surface area contributed by atoms with E-state index < -0.39 is 57.3 Å². The third kappa shape index (κ3) is 4.13. The number of ether oxygens (including phenoxy) is 2. The van der Waals surface area contributed by atoms with Crippen molar-refractivity contribution in [3.8, 4) is 0 Å². The summed E-state index contributed by atoms with van der Waals surface area (Å²) in [5.74, 6) is 0.512. The summed E-state index contributed by atoms with van der Waals surface area (Å²) in [6.07, 6.45) is 1.70. The van der Waals surface area contributed by atoms with Crippen molar-refractivity contribution in [1.82, 2.24) is 19.7 Å². The molecule has 200 valence electrons. The van der Waals surface area contributed by atoms with Crippen LogP contribution >= 0.6 is 19.2 Å². The first-order valence-corrected chi connectivity index (χ1v) is 13.6. The normalized spacial score (nSPS) is 29.9. The Hall–Kier alpha value is -1.45. The highest BCUT2D eigenvalue weighted by atomic mass is 35.5. The van der Waals surface area contributed by atoms with Gasteiger partial charge in [-0.25, -0.2) is 4.68 Å². The molecule has 1 aliphatic heterocycles. The van der Waals surface area contributed by atoms with Gasteiger partial charge in [0.15, 0.2) is 11.9 Å². The fraction of sp³-hybridized carbons (Fsp3) is 0.750. The van der Waals surface area contributed by atoms with Crippen LogP contribution in [0.5, 0.6) is 0 Å². The topological polar surface area (TPSA) is 213 Å². The monoisotopic (exact) mass is 549 g/mol. The number of hydrogen-bond acceptors (Lipinski definition) is 11. The molecule has 5 atom stereocenters. The predicted molar refractivity (Wildman–Crippen MR) is 124 cm³/mol. The van der Waals surface area contributed by atoms with Gasteiger partial charge in [-0.3, -0.25) is 4.57 Å². The van der Waals surface area contributed by atoms with Crippen molar-refractivity contribution >= 4 is 36.0 Å². The van der Waals surface area contributed by atoms with Gasteiger partial charge in [-0.2, -0.15) is 15.1 Å². The average Bonchev–Trinajstić information content (AvgIpc) is 3.31. The molecule has 0 aromatic carbocycles. The maximum absolute atomic E-state index is 11.7. The van der Waals surface area contributed by atoms with Crippen LogP contribution in [-0.4, -0.2) is 99.5 Å². The van der Waals surface area contributed by atoms with Gasteiger partial charge in [0.1, 0.15) is 24.1 Å². The van der Waals surface area contributed by atoms with Gasteiger partial charge >= 0.3 is 7.60 Å². The number of aromatic nitrogens is 4. The van der Waals surface area contributed by atoms with Crippen LogP contribution in [0.4, 0.5) is 5.82 Å². The summed E-state index contributed by atoms with van der Waals surface area (Å²) in [5, 5.41) is 45.7. The summed E-state index contributed by atoms with van der Waals surface area (Å²) in [4.78, 5) is 27.6. The highest BCUT2D eigenvalue weighted by Crippen LogP contribution is 2.57. The zero-order valence-corrected chi connectivity index (χ0v) is 20.8. The van der Waals surface area contributed by atoms with Crippen molar-refractivity contribution < 1.29 is 44.3 Å². The second kappa shape index (κ2) is 9.38. The Kier molecular flexibility index (Phi) is 6.82. The van der Waals surface area contributed by atoms with Crippen LogP contribution in [-0.2, 0) is 14.0 Å². The summed E-state index contributed by atoms with van der Waals surface area (Å²) >= 11 is 6.19. The van der Waals surface area contributed by atoms with Gasteiger partial charge < -0.3 is 45.0 Å². The van der Waals surface area contributed by atoms with Gasteiger partial charge in [-0.1, -0.05) is 6.42 Å². The minimum absolute atomic E-state index is 0.0426. The summed E-state index contributed by atoms with van der Waals surface area (Å²) in [6.45, 7) is -3.01. The number of fused-ring (bicyclic) bond motifs is 1. The Labute approximate surface area is 210 Å². The molecule has 14 nitrogen and oxygen atoms in total. The number of aliphatic hydroxyl groups excluding tert-OH is 4. The van der Waals surface area contributed by atoms with Crippen molar-refractivity contribution in [3.63, 3.8) is 0 Å². The van der Waals surface area contributed by atoms with Crippen LogP contribution in [0, 0.1) is 5.41 Å². The van der Waals surface area contributed by atoms with Crippen molar-refractivity contribution in [1.29, 1.82) is 0 Å². The molecule has 16 heteroatoms. The predicted octanol–water partition coefficient (Wildman–Crippen LogP) is -0.281. The van der Waals surface area contributed by atoms with E-state index in [0.29, 0.717) is 16.6 Å². The van der Waals surface area contributed by atoms with Gasteiger partial charge in [0.05, 0.1) is 31.4 Å². The molecule has 3 aliphatic rings. The third-order valence-corrected chi connectivity index (χ3v) is 9.52. The first-order chi connectivity index (χ1) is 17.0. The molecule has 1 saturated heterocycles. The Bertz CT molecular complexity index is 1160. The van der Waals surface area contributed by atoms with Crippen LogP contribution in [0.15, 0.2) is 6.20 Å². The first-order valence-electron chi connectivity index (χ1n) is 11.6. The van der Waals surface area contributed by atoms with Crippen molar-refractivity contribution in [2.45, 2.75) is 68.0 Å². The average molecular weight is 550 g/mol. The maximum atomic E-state index is 11.7. The minimum atomic E-state index is -5.10. The molecule has 3 heterocycles. The van der Waals surface area contributed by atoms with Gasteiger partial charge in [0, 0.05) is 6.04 Å². The van der Waals surface area contributed by atoms with Crippen LogP contribution in [0.2, 0.25) is 5.28 Å². The molecule has 0 amide bonds. The van der Waals surface area contributed by atoms with Crippen LogP contribution in [0.1, 0.15) is 38.3 Å². The molecule has 2 aromatic heterocycles. The second-order valence-electron chi connectivity index (χ2n) is 9.78. The second-order valence-corrected chi connectivity index (χ2v) is 12.0. The van der Waals surface area contributed by atoms with E-state index in [1.165, 1.54) is 36.6 Å². The minimum Gasteiger partial charge on any atom is -0.393 e. The first kappa shape index (κ1) is 26.2. The van der Waals surface area contributed by atoms with E-state index in [2.05, 4.69) is 20.4 Å². The molecule has 1 unspecified atom stereocenters. The number of hydrogen-bond donors (Lipinski definition) is 7. The standard InChI is InChI=1S/C20H29ClN5O9P/c21-18-24-15(23-12-2-5-19(12)3-1-4-19)10-6-22-26(16(10)25-18)17-14(30)13(29)11(35-17)7-34-20(8-27,9-28)36(31,32)33/h6,11-14,17,27-30H,1-5,7-9H2,(H,23,24,25)(H2,31,32,33)/t11-,12?,13-,14-,17-/m1/s1. The van der Waals surface area contributed by atoms with Crippen LogP contribution < -0.4 is 5.32 Å². The number of rotatable bonds is 9. The molecule has 1 spiro atoms. The van der Waals surface area contributed by atoms with Gasteiger partial charge in [-0.15, -0.1) is 0 Å². The lowest BCUT2D eigenvalue weighted by atomic mass is 9.53. The fourth-order valence-corrected chi connectivity index (χ4v) is 6.00. The van der Waals surface area contributed by atoms with Gasteiger partial charge in [0.2, 0.25) is 10.6 Å². The molecule has 7 N–H and O–H groups in total. The smallest absolute Gasteiger partial charge is 0.361 e. The zero-order chi connectivity index (χ0) is 25.9. The molecule has 5 rings (SSSR count). The molecule has 36 heavy (non-hydrogen) atoms. The number of nitrogens with zero attached hydrogens (tertiary/aromatic N) is 4. The van der Waals surface area contributed by atoms with E-state index in [4.69, 9.17) is 21.1 Å². The van der Waals surface area contributed by atoms with E-state index >= 15 is 0 Å². The highest BCUT2D eigenvalue weighted by Gasteiger charge is 2.52. The molecular formula is C20H29ClN5O9P. The third-order valence-electron chi connectivity index (χ3n) is 7.88. The van der Waals surface area contributed by atoms with Crippen molar-refractivity contribution in [2.24, 2.45) is 5.41 Å². The molecule has 2 saturated carbocycles. The van der Waals surface area contributed by atoms with Crippen LogP contribution in [0.3, 0.4) is 0 Å². The van der Waals surface area contributed by atoms with E-state index in [1.54, 1.807) is 0 Å². The van der Waals surface area contributed by atoms with Gasteiger partial charge in [0.25, 0.3) is 0 Å². The quantitative estimate of drug-likeness (QED) is 0.158. The maximum Gasteiger partial charge on any atom is 0.361 e. The van der Waals surface area contributed by atoms with E-state index in [0.717, 1.165) is 6.42 Å². The highest BCUT2D eigenvalue weighted by molar-refractivity contribution is 7.53. The van der Waals surface area contributed by atoms with E-state index in [9.17, 15) is 34.8 Å². The fourth-order valence-electron chi connectivity index (χ4n) is 5.23. The summed E-state index contributed by atoms with van der Waals surface area (Å²) < 4.78 is 23.9. The van der Waals surface area contributed by atoms with Crippen LogP contribution in [0.25, 0.3) is 11.0 Å². The number of aliphatic hydroxyl groups is 4. The SMILES string of the molecule is O=P(O)(O)C(CO)(CO)OC[C@H]1O[C@@H](n2ncc3c(NC4CCC45CCC5)nc(Cl)nc32)[C@H](O)[C@@H]1O. The van der Waals surface area contributed by atoms with E-state index in [1.807, 2.05) is 0 Å². The van der Waals surface area contributed by atoms with Crippen molar-refractivity contribution in [3.05, 3.63) is 11.5 Å². The van der Waals surface area contributed by atoms with E-state index in [-0.39, 0.29) is 17.0 Å². The lowest BCUT2D eigenvalue weighted by Gasteiger charge is -2.56. The lowest BCUT2D eigenvalue weighted by molar-refractivity contribution is -0.121. The van der Waals surface area contributed by atoms with Crippen molar-refractivity contribution in [2.75, 3.05) is 25.1 Å². The molecule has 3 fully saturated rings. The Morgan fingerprint density at radius 2 is 1.94 bits per heavy atom. The molecule has 2 aliphatic carbocycles. The Morgan fingerprint density at radius 3 is 2.50 bits per heavy atom. The largest absolute Gasteiger partial charge is 0.393 e. The lowest BCUT2D eigenvalue weighted by Crippen LogP contribution is -2.53. The summed E-state index contributed by atoms with van der Waals surface area (Å²) in [6, 6.07) is 0.271. The summed E-state index contributed by atoms with van der Waals surface area (Å²) in [7, 11) is -5.10. The molecule has 0 bridgehead atoms. The number of nitrogens with one attached hydrogen (secondary N) is 1. The Morgan fingerprint density at radius 1 is 1.22 bits per heavy atom. The zero-order valence-electron chi connectivity index (χ0n) is 19.1. The molecule has 2 aromatic rings.